The molecule has 5 heteroatoms. The van der Waals surface area contributed by atoms with Crippen LogP contribution < -0.4 is 0 Å². The zero-order valence-electron chi connectivity index (χ0n) is 10.9. The zero-order chi connectivity index (χ0) is 12.5. The Labute approximate surface area is 105 Å². The molecule has 17 heavy (non-hydrogen) atoms. The topological polar surface area (TPSA) is 40.6 Å². The molecule has 1 saturated heterocycles. The van der Waals surface area contributed by atoms with E-state index in [1.54, 1.807) is 4.31 Å². The van der Waals surface area contributed by atoms with E-state index >= 15 is 0 Å². The molecule has 0 aromatic rings. The summed E-state index contributed by atoms with van der Waals surface area (Å²) in [5.74, 6) is 0.835. The SMILES string of the molecule is C[C@@H]1CCC[C@@H](N2CCN(S(C)(=O)=O)CC2)C1. The number of rotatable bonds is 2. The lowest BCUT2D eigenvalue weighted by molar-refractivity contribution is 0.0969. The van der Waals surface area contributed by atoms with Crippen molar-refractivity contribution in [1.82, 2.24) is 9.21 Å². The van der Waals surface area contributed by atoms with Crippen LogP contribution in [0.2, 0.25) is 0 Å². The molecule has 100 valence electrons. The van der Waals surface area contributed by atoms with Gasteiger partial charge in [0.2, 0.25) is 10.0 Å². The van der Waals surface area contributed by atoms with Gasteiger partial charge in [-0.05, 0) is 18.8 Å². The van der Waals surface area contributed by atoms with Crippen molar-refractivity contribution in [2.24, 2.45) is 5.92 Å². The monoisotopic (exact) mass is 260 g/mol. The van der Waals surface area contributed by atoms with Crippen LogP contribution in [-0.4, -0.2) is 56.1 Å². The first kappa shape index (κ1) is 13.3. The van der Waals surface area contributed by atoms with Crippen LogP contribution in [0.3, 0.4) is 0 Å². The van der Waals surface area contributed by atoms with E-state index < -0.39 is 10.0 Å². The average Bonchev–Trinajstić information content (AvgIpc) is 2.28. The van der Waals surface area contributed by atoms with Gasteiger partial charge >= 0.3 is 0 Å². The van der Waals surface area contributed by atoms with E-state index in [9.17, 15) is 8.42 Å². The maximum Gasteiger partial charge on any atom is 0.211 e. The van der Waals surface area contributed by atoms with Gasteiger partial charge < -0.3 is 0 Å². The quantitative estimate of drug-likeness (QED) is 0.747. The highest BCUT2D eigenvalue weighted by Crippen LogP contribution is 2.28. The summed E-state index contributed by atoms with van der Waals surface area (Å²) in [5.41, 5.74) is 0. The molecule has 2 fully saturated rings. The number of sulfonamides is 1. The Morgan fingerprint density at radius 2 is 1.71 bits per heavy atom. The molecule has 0 amide bonds. The minimum absolute atomic E-state index is 0.670. The summed E-state index contributed by atoms with van der Waals surface area (Å²) in [6, 6.07) is 0.695. The fourth-order valence-electron chi connectivity index (χ4n) is 3.13. The van der Waals surface area contributed by atoms with Gasteiger partial charge in [-0.2, -0.15) is 4.31 Å². The van der Waals surface area contributed by atoms with Gasteiger partial charge in [0, 0.05) is 32.2 Å². The Balaban J connectivity index is 1.86. The summed E-state index contributed by atoms with van der Waals surface area (Å²) in [6.45, 7) is 5.49. The molecule has 2 aliphatic rings. The van der Waals surface area contributed by atoms with E-state index in [-0.39, 0.29) is 0 Å². The lowest BCUT2D eigenvalue weighted by Crippen LogP contribution is -2.52. The second-order valence-electron chi connectivity index (χ2n) is 5.62. The Morgan fingerprint density at radius 3 is 2.24 bits per heavy atom. The Hall–Kier alpha value is -0.130. The molecule has 0 spiro atoms. The van der Waals surface area contributed by atoms with Crippen molar-refractivity contribution in [2.75, 3.05) is 32.4 Å². The average molecular weight is 260 g/mol. The molecule has 1 saturated carbocycles. The van der Waals surface area contributed by atoms with E-state index in [1.807, 2.05) is 0 Å². The molecule has 0 aromatic carbocycles. The first-order chi connectivity index (χ1) is 7.97. The Kier molecular flexibility index (Phi) is 4.10. The van der Waals surface area contributed by atoms with E-state index in [4.69, 9.17) is 0 Å². The van der Waals surface area contributed by atoms with Gasteiger partial charge in [0.1, 0.15) is 0 Å². The van der Waals surface area contributed by atoms with Crippen LogP contribution in [0.4, 0.5) is 0 Å². The van der Waals surface area contributed by atoms with Crippen molar-refractivity contribution in [3.8, 4) is 0 Å². The van der Waals surface area contributed by atoms with Crippen molar-refractivity contribution < 1.29 is 8.42 Å². The van der Waals surface area contributed by atoms with Crippen LogP contribution in [0.15, 0.2) is 0 Å². The van der Waals surface area contributed by atoms with Gasteiger partial charge in [0.25, 0.3) is 0 Å². The van der Waals surface area contributed by atoms with Crippen LogP contribution in [0, 0.1) is 5.92 Å². The van der Waals surface area contributed by atoms with E-state index in [0.29, 0.717) is 19.1 Å². The molecule has 0 radical (unpaired) electrons. The van der Waals surface area contributed by atoms with Crippen molar-refractivity contribution in [3.63, 3.8) is 0 Å². The third-order valence-corrected chi connectivity index (χ3v) is 5.47. The molecule has 0 aromatic heterocycles. The summed E-state index contributed by atoms with van der Waals surface area (Å²) >= 11 is 0. The maximum absolute atomic E-state index is 11.4. The minimum atomic E-state index is -2.98. The third-order valence-electron chi connectivity index (χ3n) is 4.17. The fraction of sp³-hybridized carbons (Fsp3) is 1.00. The molecule has 1 heterocycles. The molecule has 0 unspecified atom stereocenters. The van der Waals surface area contributed by atoms with Gasteiger partial charge in [-0.3, -0.25) is 4.90 Å². The molecule has 4 nitrogen and oxygen atoms in total. The molecular formula is C12H24N2O2S. The molecule has 2 rings (SSSR count). The predicted molar refractivity (Wildman–Crippen MR) is 69.4 cm³/mol. The number of piperazine rings is 1. The smallest absolute Gasteiger partial charge is 0.211 e. The van der Waals surface area contributed by atoms with E-state index in [2.05, 4.69) is 11.8 Å². The largest absolute Gasteiger partial charge is 0.298 e. The van der Waals surface area contributed by atoms with Crippen LogP contribution in [0.1, 0.15) is 32.6 Å². The summed E-state index contributed by atoms with van der Waals surface area (Å²) in [7, 11) is -2.98. The number of hydrogen-bond donors (Lipinski definition) is 0. The lowest BCUT2D eigenvalue weighted by Gasteiger charge is -2.41. The van der Waals surface area contributed by atoms with Crippen LogP contribution in [0.25, 0.3) is 0 Å². The second kappa shape index (κ2) is 5.24. The van der Waals surface area contributed by atoms with Crippen LogP contribution in [-0.2, 0) is 10.0 Å². The lowest BCUT2D eigenvalue weighted by atomic mass is 9.86. The molecule has 2 atom stereocenters. The fourth-order valence-corrected chi connectivity index (χ4v) is 3.96. The van der Waals surface area contributed by atoms with Crippen LogP contribution >= 0.6 is 0 Å². The first-order valence-electron chi connectivity index (χ1n) is 6.66. The van der Waals surface area contributed by atoms with Gasteiger partial charge in [-0.25, -0.2) is 8.42 Å². The van der Waals surface area contributed by atoms with Gasteiger partial charge in [-0.15, -0.1) is 0 Å². The summed E-state index contributed by atoms with van der Waals surface area (Å²) in [5, 5.41) is 0. The zero-order valence-corrected chi connectivity index (χ0v) is 11.7. The molecule has 1 aliphatic carbocycles. The Bertz CT molecular complexity index is 348. The van der Waals surface area contributed by atoms with Crippen molar-refractivity contribution in [1.29, 1.82) is 0 Å². The normalized spacial score (nSPS) is 33.8. The van der Waals surface area contributed by atoms with Gasteiger partial charge in [0.15, 0.2) is 0 Å². The number of nitrogens with zero attached hydrogens (tertiary/aromatic N) is 2. The van der Waals surface area contributed by atoms with E-state index in [1.165, 1.54) is 31.9 Å². The first-order valence-corrected chi connectivity index (χ1v) is 8.51. The number of hydrogen-bond acceptors (Lipinski definition) is 3. The minimum Gasteiger partial charge on any atom is -0.298 e. The Morgan fingerprint density at radius 1 is 1.06 bits per heavy atom. The highest BCUT2D eigenvalue weighted by Gasteiger charge is 2.29. The van der Waals surface area contributed by atoms with Crippen LogP contribution in [0.5, 0.6) is 0 Å². The summed E-state index contributed by atoms with van der Waals surface area (Å²) < 4.78 is 24.5. The van der Waals surface area contributed by atoms with Crippen molar-refractivity contribution in [3.05, 3.63) is 0 Å². The molecular weight excluding hydrogens is 236 g/mol. The summed E-state index contributed by atoms with van der Waals surface area (Å²) in [6.07, 6.45) is 6.59. The third kappa shape index (κ3) is 3.42. The van der Waals surface area contributed by atoms with Crippen molar-refractivity contribution >= 4 is 10.0 Å². The van der Waals surface area contributed by atoms with E-state index in [0.717, 1.165) is 19.0 Å². The summed E-state index contributed by atoms with van der Waals surface area (Å²) in [4.78, 5) is 2.50. The highest BCUT2D eigenvalue weighted by molar-refractivity contribution is 7.88. The second-order valence-corrected chi connectivity index (χ2v) is 7.61. The highest BCUT2D eigenvalue weighted by atomic mass is 32.2. The van der Waals surface area contributed by atoms with Gasteiger partial charge in [0.05, 0.1) is 6.26 Å². The standard InChI is InChI=1S/C12H24N2O2S/c1-11-4-3-5-12(10-11)13-6-8-14(9-7-13)17(2,15)16/h11-12H,3-10H2,1-2H3/t11-,12-/m1/s1. The predicted octanol–water partition coefficient (Wildman–Crippen LogP) is 1.14. The molecule has 0 bridgehead atoms. The van der Waals surface area contributed by atoms with Gasteiger partial charge in [-0.1, -0.05) is 19.8 Å². The molecule has 0 N–H and O–H groups in total. The maximum atomic E-state index is 11.4. The van der Waals surface area contributed by atoms with Crippen molar-refractivity contribution in [2.45, 2.75) is 38.6 Å². The molecule has 1 aliphatic heterocycles.